The van der Waals surface area contributed by atoms with Gasteiger partial charge in [-0.2, -0.15) is 5.10 Å². The molecule has 6 nitrogen and oxygen atoms in total. The van der Waals surface area contributed by atoms with Gasteiger partial charge in [-0.1, -0.05) is 0 Å². The number of hydrogen-bond acceptors (Lipinski definition) is 4. The highest BCUT2D eigenvalue weighted by Gasteiger charge is 2.07. The second-order valence-electron chi connectivity index (χ2n) is 3.72. The van der Waals surface area contributed by atoms with Crippen LogP contribution >= 0.6 is 0 Å². The predicted molar refractivity (Wildman–Crippen MR) is 59.8 cm³/mol. The van der Waals surface area contributed by atoms with Crippen molar-refractivity contribution < 1.29 is 9.90 Å². The van der Waals surface area contributed by atoms with Gasteiger partial charge in [0.2, 0.25) is 0 Å². The van der Waals surface area contributed by atoms with Gasteiger partial charge < -0.3 is 5.11 Å². The minimum atomic E-state index is -1.03. The van der Waals surface area contributed by atoms with E-state index in [2.05, 4.69) is 15.1 Å². The quantitative estimate of drug-likeness (QED) is 0.855. The van der Waals surface area contributed by atoms with Crippen molar-refractivity contribution in [1.29, 1.82) is 0 Å². The van der Waals surface area contributed by atoms with Gasteiger partial charge >= 0.3 is 5.97 Å². The Balaban J connectivity index is 2.27. The number of carboxylic acids is 1. The average Bonchev–Trinajstić information content (AvgIpc) is 2.58. The molecule has 0 saturated heterocycles. The number of pyridine rings is 1. The zero-order valence-corrected chi connectivity index (χ0v) is 9.58. The second-order valence-corrected chi connectivity index (χ2v) is 3.72. The van der Waals surface area contributed by atoms with E-state index in [0.717, 1.165) is 11.4 Å². The van der Waals surface area contributed by atoms with Crippen LogP contribution in [0.15, 0.2) is 18.3 Å². The molecule has 2 aromatic heterocycles. The Morgan fingerprint density at radius 3 is 2.82 bits per heavy atom. The van der Waals surface area contributed by atoms with E-state index < -0.39 is 5.97 Å². The van der Waals surface area contributed by atoms with E-state index in [9.17, 15) is 4.79 Å². The molecule has 2 heterocycles. The van der Waals surface area contributed by atoms with E-state index >= 15 is 0 Å². The first-order valence-corrected chi connectivity index (χ1v) is 5.12. The average molecular weight is 232 g/mol. The van der Waals surface area contributed by atoms with Gasteiger partial charge in [0.25, 0.3) is 0 Å². The van der Waals surface area contributed by atoms with E-state index in [1.807, 2.05) is 13.8 Å². The van der Waals surface area contributed by atoms with Crippen LogP contribution in [-0.2, 0) is 6.54 Å². The summed E-state index contributed by atoms with van der Waals surface area (Å²) < 4.78 is 1.73. The minimum Gasteiger partial charge on any atom is -0.477 e. The smallest absolute Gasteiger partial charge is 0.354 e. The van der Waals surface area contributed by atoms with Crippen LogP contribution in [0.4, 0.5) is 0 Å². The van der Waals surface area contributed by atoms with Gasteiger partial charge in [0.05, 0.1) is 6.54 Å². The predicted octanol–water partition coefficient (Wildman–Crippen LogP) is 1.04. The van der Waals surface area contributed by atoms with Gasteiger partial charge in [0.15, 0.2) is 0 Å². The summed E-state index contributed by atoms with van der Waals surface area (Å²) in [4.78, 5) is 18.7. The Bertz CT molecular complexity index is 562. The second kappa shape index (κ2) is 4.32. The molecule has 0 amide bonds. The highest BCUT2D eigenvalue weighted by Crippen LogP contribution is 2.06. The molecule has 1 N–H and O–H groups in total. The molecular formula is C11H12N4O2. The van der Waals surface area contributed by atoms with Gasteiger partial charge in [-0.25, -0.2) is 19.4 Å². The van der Waals surface area contributed by atoms with Crippen LogP contribution < -0.4 is 0 Å². The van der Waals surface area contributed by atoms with E-state index in [4.69, 9.17) is 5.11 Å². The number of nitrogens with zero attached hydrogens (tertiary/aromatic N) is 4. The molecular weight excluding hydrogens is 220 g/mol. The molecule has 0 fully saturated rings. The lowest BCUT2D eigenvalue weighted by atomic mass is 10.2. The highest BCUT2D eigenvalue weighted by molar-refractivity contribution is 5.85. The van der Waals surface area contributed by atoms with Crippen molar-refractivity contribution in [2.24, 2.45) is 0 Å². The number of aromatic carboxylic acids is 1. The van der Waals surface area contributed by atoms with Crippen molar-refractivity contribution in [2.45, 2.75) is 20.4 Å². The molecule has 0 radical (unpaired) electrons. The lowest BCUT2D eigenvalue weighted by Crippen LogP contribution is -2.07. The van der Waals surface area contributed by atoms with Crippen LogP contribution in [0.2, 0.25) is 0 Å². The summed E-state index contributed by atoms with van der Waals surface area (Å²) in [5.41, 5.74) is 0.877. The molecule has 2 aromatic rings. The summed E-state index contributed by atoms with van der Waals surface area (Å²) in [7, 11) is 0. The lowest BCUT2D eigenvalue weighted by molar-refractivity contribution is 0.0690. The summed E-state index contributed by atoms with van der Waals surface area (Å²) in [6.07, 6.45) is 1.48. The Kier molecular flexibility index (Phi) is 2.86. The van der Waals surface area contributed by atoms with Crippen molar-refractivity contribution in [3.8, 4) is 0 Å². The number of aromatic nitrogens is 4. The van der Waals surface area contributed by atoms with Crippen LogP contribution in [0.3, 0.4) is 0 Å². The van der Waals surface area contributed by atoms with E-state index in [-0.39, 0.29) is 5.69 Å². The highest BCUT2D eigenvalue weighted by atomic mass is 16.4. The summed E-state index contributed by atoms with van der Waals surface area (Å²) in [6.45, 7) is 4.17. The van der Waals surface area contributed by atoms with Gasteiger partial charge in [-0.05, 0) is 31.5 Å². The molecule has 0 saturated carbocycles. The van der Waals surface area contributed by atoms with Crippen LogP contribution in [0, 0.1) is 13.8 Å². The Labute approximate surface area is 98.0 Å². The molecule has 17 heavy (non-hydrogen) atoms. The molecule has 0 aliphatic heterocycles. The normalized spacial score (nSPS) is 10.5. The zero-order chi connectivity index (χ0) is 12.4. The fourth-order valence-corrected chi connectivity index (χ4v) is 1.57. The third-order valence-corrected chi connectivity index (χ3v) is 2.34. The maximum atomic E-state index is 10.8. The van der Waals surface area contributed by atoms with Gasteiger partial charge in [0, 0.05) is 6.20 Å². The first-order chi connectivity index (χ1) is 8.06. The number of aryl methyl sites for hydroxylation is 2. The van der Waals surface area contributed by atoms with Crippen LogP contribution in [0.1, 0.15) is 27.7 Å². The first kappa shape index (κ1) is 11.3. The molecule has 6 heteroatoms. The maximum absolute atomic E-state index is 10.8. The largest absolute Gasteiger partial charge is 0.477 e. The standard InChI is InChI=1S/C11H12N4O2/c1-7-13-8(2)15(14-7)6-9-3-4-12-10(5-9)11(16)17/h3-5H,6H2,1-2H3,(H,16,17). The van der Waals surface area contributed by atoms with Gasteiger partial charge in [-0.3, -0.25) is 0 Å². The first-order valence-electron chi connectivity index (χ1n) is 5.12. The summed E-state index contributed by atoms with van der Waals surface area (Å²) in [5.74, 6) is 0.476. The molecule has 0 aliphatic rings. The van der Waals surface area contributed by atoms with Crippen molar-refractivity contribution in [3.05, 3.63) is 41.2 Å². The monoisotopic (exact) mass is 232 g/mol. The van der Waals surface area contributed by atoms with Crippen molar-refractivity contribution >= 4 is 5.97 Å². The summed E-state index contributed by atoms with van der Waals surface area (Å²) >= 11 is 0. The molecule has 2 rings (SSSR count). The van der Waals surface area contributed by atoms with Crippen LogP contribution in [-0.4, -0.2) is 30.8 Å². The molecule has 0 bridgehead atoms. The van der Waals surface area contributed by atoms with Crippen molar-refractivity contribution in [2.75, 3.05) is 0 Å². The number of carbonyl (C=O) groups is 1. The number of carboxylic acid groups (broad SMARTS) is 1. The SMILES string of the molecule is Cc1nc(C)n(Cc2ccnc(C(=O)O)c2)n1. The van der Waals surface area contributed by atoms with Crippen LogP contribution in [0.25, 0.3) is 0 Å². The number of hydrogen-bond donors (Lipinski definition) is 1. The van der Waals surface area contributed by atoms with Crippen molar-refractivity contribution in [3.63, 3.8) is 0 Å². The maximum Gasteiger partial charge on any atom is 0.354 e. The summed E-state index contributed by atoms with van der Waals surface area (Å²) in [6, 6.07) is 3.31. The van der Waals surface area contributed by atoms with E-state index in [0.29, 0.717) is 12.4 Å². The van der Waals surface area contributed by atoms with Crippen LogP contribution in [0.5, 0.6) is 0 Å². The van der Waals surface area contributed by atoms with E-state index in [1.165, 1.54) is 6.20 Å². The third-order valence-electron chi connectivity index (χ3n) is 2.34. The Morgan fingerprint density at radius 1 is 1.47 bits per heavy atom. The third kappa shape index (κ3) is 2.47. The fraction of sp³-hybridized carbons (Fsp3) is 0.273. The number of rotatable bonds is 3. The van der Waals surface area contributed by atoms with Gasteiger partial charge in [-0.15, -0.1) is 0 Å². The zero-order valence-electron chi connectivity index (χ0n) is 9.58. The minimum absolute atomic E-state index is 0.0389. The fourth-order valence-electron chi connectivity index (χ4n) is 1.57. The lowest BCUT2D eigenvalue weighted by Gasteiger charge is -2.03. The molecule has 88 valence electrons. The molecule has 0 atom stereocenters. The molecule has 0 spiro atoms. The van der Waals surface area contributed by atoms with E-state index in [1.54, 1.807) is 16.8 Å². The van der Waals surface area contributed by atoms with Gasteiger partial charge in [0.1, 0.15) is 17.3 Å². The molecule has 0 aromatic carbocycles. The summed E-state index contributed by atoms with van der Waals surface area (Å²) in [5, 5.41) is 13.1. The molecule has 0 unspecified atom stereocenters. The Hall–Kier alpha value is -2.24. The van der Waals surface area contributed by atoms with Crippen molar-refractivity contribution in [1.82, 2.24) is 19.7 Å². The molecule has 0 aliphatic carbocycles. The topological polar surface area (TPSA) is 80.9 Å². The Morgan fingerprint density at radius 2 is 2.24 bits per heavy atom.